The number of hydrogen-bond donors (Lipinski definition) is 1. The average molecular weight is 229 g/mol. The van der Waals surface area contributed by atoms with Gasteiger partial charge in [-0.1, -0.05) is 0 Å². The quantitative estimate of drug-likeness (QED) is 0.807. The molecule has 1 heterocycles. The van der Waals surface area contributed by atoms with Crippen molar-refractivity contribution in [3.05, 3.63) is 24.0 Å². The second-order valence-electron chi connectivity index (χ2n) is 3.18. The van der Waals surface area contributed by atoms with E-state index < -0.39 is 12.6 Å². The van der Waals surface area contributed by atoms with Crippen LogP contribution >= 0.6 is 0 Å². The molecule has 0 radical (unpaired) electrons. The number of halogens is 3. The molecule has 0 fully saturated rings. The molecule has 16 heavy (non-hydrogen) atoms. The summed E-state index contributed by atoms with van der Waals surface area (Å²) in [6, 6.07) is 3.43. The van der Waals surface area contributed by atoms with Crippen molar-refractivity contribution in [2.45, 2.75) is 19.0 Å². The van der Waals surface area contributed by atoms with Crippen LogP contribution < -0.4 is 5.32 Å². The first-order chi connectivity index (χ1) is 7.53. The van der Waals surface area contributed by atoms with Gasteiger partial charge < -0.3 is 5.32 Å². The Kier molecular flexibility index (Phi) is 4.11. The standard InChI is InChI=1S/C10H10F3N3/c11-10(12,13)3-1-4-16-9-7-15-5-2-8(9)6-14/h2,5,7,16H,1,3-4H2. The Bertz CT molecular complexity index is 382. The molecule has 0 aromatic carbocycles. The normalized spacial score (nSPS) is 10.9. The summed E-state index contributed by atoms with van der Waals surface area (Å²) in [6.07, 6.45) is -2.11. The molecule has 0 aliphatic rings. The topological polar surface area (TPSA) is 48.7 Å². The van der Waals surface area contributed by atoms with Crippen LogP contribution in [0.5, 0.6) is 0 Å². The fraction of sp³-hybridized carbons (Fsp3) is 0.400. The van der Waals surface area contributed by atoms with Crippen LogP contribution in [0.3, 0.4) is 0 Å². The van der Waals surface area contributed by atoms with E-state index in [4.69, 9.17) is 5.26 Å². The molecular formula is C10H10F3N3. The fourth-order valence-corrected chi connectivity index (χ4v) is 1.14. The highest BCUT2D eigenvalue weighted by molar-refractivity contribution is 5.55. The van der Waals surface area contributed by atoms with Gasteiger partial charge in [-0.2, -0.15) is 18.4 Å². The molecule has 0 aliphatic carbocycles. The van der Waals surface area contributed by atoms with Crippen molar-refractivity contribution in [1.29, 1.82) is 5.26 Å². The lowest BCUT2D eigenvalue weighted by atomic mass is 10.2. The summed E-state index contributed by atoms with van der Waals surface area (Å²) in [6.45, 7) is 0.167. The summed E-state index contributed by atoms with van der Waals surface area (Å²) in [5.74, 6) is 0. The molecule has 1 rings (SSSR count). The van der Waals surface area contributed by atoms with Crippen LogP contribution in [-0.2, 0) is 0 Å². The van der Waals surface area contributed by atoms with Gasteiger partial charge in [0.25, 0.3) is 0 Å². The van der Waals surface area contributed by atoms with Gasteiger partial charge in [0.15, 0.2) is 0 Å². The van der Waals surface area contributed by atoms with E-state index in [1.54, 1.807) is 0 Å². The predicted octanol–water partition coefficient (Wildman–Crippen LogP) is 2.71. The Morgan fingerprint density at radius 3 is 2.81 bits per heavy atom. The molecule has 0 spiro atoms. The maximum absolute atomic E-state index is 11.8. The molecule has 0 amide bonds. The van der Waals surface area contributed by atoms with Gasteiger partial charge >= 0.3 is 6.18 Å². The zero-order chi connectivity index (χ0) is 12.0. The fourth-order valence-electron chi connectivity index (χ4n) is 1.14. The lowest BCUT2D eigenvalue weighted by Gasteiger charge is -2.08. The number of nitrogens with zero attached hydrogens (tertiary/aromatic N) is 2. The van der Waals surface area contributed by atoms with Gasteiger partial charge in [-0.05, 0) is 12.5 Å². The van der Waals surface area contributed by atoms with E-state index in [-0.39, 0.29) is 13.0 Å². The zero-order valence-corrected chi connectivity index (χ0v) is 8.38. The van der Waals surface area contributed by atoms with Crippen molar-refractivity contribution >= 4 is 5.69 Å². The summed E-state index contributed by atoms with van der Waals surface area (Å²) in [5, 5.41) is 11.5. The van der Waals surface area contributed by atoms with Gasteiger partial charge in [-0.15, -0.1) is 0 Å². The number of aromatic nitrogens is 1. The summed E-state index contributed by atoms with van der Waals surface area (Å²) < 4.78 is 35.5. The summed E-state index contributed by atoms with van der Waals surface area (Å²) in [5.41, 5.74) is 0.842. The van der Waals surface area contributed by atoms with E-state index >= 15 is 0 Å². The monoisotopic (exact) mass is 229 g/mol. The van der Waals surface area contributed by atoms with Crippen LogP contribution in [-0.4, -0.2) is 17.7 Å². The maximum Gasteiger partial charge on any atom is 0.389 e. The second-order valence-corrected chi connectivity index (χ2v) is 3.18. The highest BCUT2D eigenvalue weighted by atomic mass is 19.4. The van der Waals surface area contributed by atoms with Crippen LogP contribution in [0.25, 0.3) is 0 Å². The van der Waals surface area contributed by atoms with Gasteiger partial charge in [-0.3, -0.25) is 4.98 Å². The third kappa shape index (κ3) is 4.17. The highest BCUT2D eigenvalue weighted by Gasteiger charge is 2.25. The minimum atomic E-state index is -4.13. The molecule has 0 bridgehead atoms. The smallest absolute Gasteiger partial charge is 0.383 e. The number of anilines is 1. The molecule has 0 atom stereocenters. The Balaban J connectivity index is 2.41. The first-order valence-electron chi connectivity index (χ1n) is 4.67. The van der Waals surface area contributed by atoms with Crippen molar-refractivity contribution in [1.82, 2.24) is 4.98 Å². The molecule has 6 heteroatoms. The van der Waals surface area contributed by atoms with Crippen LogP contribution in [0.1, 0.15) is 18.4 Å². The highest BCUT2D eigenvalue weighted by Crippen LogP contribution is 2.21. The lowest BCUT2D eigenvalue weighted by molar-refractivity contribution is -0.134. The largest absolute Gasteiger partial charge is 0.389 e. The number of hydrogen-bond acceptors (Lipinski definition) is 3. The van der Waals surface area contributed by atoms with Crippen molar-refractivity contribution in [2.75, 3.05) is 11.9 Å². The third-order valence-electron chi connectivity index (χ3n) is 1.89. The van der Waals surface area contributed by atoms with Crippen molar-refractivity contribution < 1.29 is 13.2 Å². The minimum absolute atomic E-state index is 0.0245. The number of nitriles is 1. The van der Waals surface area contributed by atoms with Gasteiger partial charge in [0.1, 0.15) is 6.07 Å². The Morgan fingerprint density at radius 2 is 2.19 bits per heavy atom. The Morgan fingerprint density at radius 1 is 1.44 bits per heavy atom. The van der Waals surface area contributed by atoms with Gasteiger partial charge in [-0.25, -0.2) is 0 Å². The molecule has 3 nitrogen and oxygen atoms in total. The lowest BCUT2D eigenvalue weighted by Crippen LogP contribution is -2.11. The first kappa shape index (κ1) is 12.3. The number of rotatable bonds is 4. The van der Waals surface area contributed by atoms with Crippen LogP contribution in [0.2, 0.25) is 0 Å². The number of alkyl halides is 3. The Hall–Kier alpha value is -1.77. The van der Waals surface area contributed by atoms with Crippen molar-refractivity contribution in [3.63, 3.8) is 0 Å². The zero-order valence-electron chi connectivity index (χ0n) is 8.38. The molecule has 0 unspecified atom stereocenters. The second kappa shape index (κ2) is 5.35. The van der Waals surface area contributed by atoms with Crippen LogP contribution in [0.4, 0.5) is 18.9 Å². The van der Waals surface area contributed by atoms with Gasteiger partial charge in [0.05, 0.1) is 17.4 Å². The van der Waals surface area contributed by atoms with E-state index in [2.05, 4.69) is 10.3 Å². The molecule has 1 N–H and O–H groups in total. The average Bonchev–Trinajstić information content (AvgIpc) is 2.23. The summed E-state index contributed by atoms with van der Waals surface area (Å²) in [7, 11) is 0. The van der Waals surface area contributed by atoms with Gasteiger partial charge in [0.2, 0.25) is 0 Å². The maximum atomic E-state index is 11.8. The predicted molar refractivity (Wildman–Crippen MR) is 52.7 cm³/mol. The molecule has 0 saturated carbocycles. The van der Waals surface area contributed by atoms with E-state index in [9.17, 15) is 13.2 Å². The molecule has 1 aromatic rings. The summed E-state index contributed by atoms with van der Waals surface area (Å²) >= 11 is 0. The van der Waals surface area contributed by atoms with Crippen LogP contribution in [0, 0.1) is 11.3 Å². The van der Waals surface area contributed by atoms with Crippen molar-refractivity contribution in [3.8, 4) is 6.07 Å². The third-order valence-corrected chi connectivity index (χ3v) is 1.89. The molecule has 86 valence electrons. The van der Waals surface area contributed by atoms with Crippen molar-refractivity contribution in [2.24, 2.45) is 0 Å². The molecule has 1 aromatic heterocycles. The summed E-state index contributed by atoms with van der Waals surface area (Å²) in [4.78, 5) is 3.78. The Labute approximate surface area is 90.9 Å². The van der Waals surface area contributed by atoms with E-state index in [1.165, 1.54) is 18.5 Å². The number of pyridine rings is 1. The van der Waals surface area contributed by atoms with Crippen LogP contribution in [0.15, 0.2) is 18.5 Å². The number of nitrogens with one attached hydrogen (secondary N) is 1. The van der Waals surface area contributed by atoms with E-state index in [0.29, 0.717) is 11.3 Å². The van der Waals surface area contributed by atoms with Gasteiger partial charge in [0, 0.05) is 19.2 Å². The van der Waals surface area contributed by atoms with E-state index in [0.717, 1.165) is 0 Å². The minimum Gasteiger partial charge on any atom is -0.383 e. The SMILES string of the molecule is N#Cc1ccncc1NCCCC(F)(F)F. The molecular weight excluding hydrogens is 219 g/mol. The molecule has 0 saturated heterocycles. The first-order valence-corrected chi connectivity index (χ1v) is 4.67. The molecule has 0 aliphatic heterocycles. The van der Waals surface area contributed by atoms with E-state index in [1.807, 2.05) is 6.07 Å².